The van der Waals surface area contributed by atoms with Crippen LogP contribution in [0.5, 0.6) is 0 Å². The summed E-state index contributed by atoms with van der Waals surface area (Å²) in [6.07, 6.45) is 3.63. The Hall–Kier alpha value is -4.66. The highest BCUT2D eigenvalue weighted by atomic mass is 32.2. The van der Waals surface area contributed by atoms with Gasteiger partial charge in [-0.1, -0.05) is 84.6 Å². The first-order chi connectivity index (χ1) is 20.3. The lowest BCUT2D eigenvalue weighted by atomic mass is 9.76. The summed E-state index contributed by atoms with van der Waals surface area (Å²) in [5.41, 5.74) is 3.78. The molecule has 0 aliphatic carbocycles. The predicted octanol–water partition coefficient (Wildman–Crippen LogP) is 8.11. The van der Waals surface area contributed by atoms with Gasteiger partial charge in [-0.05, 0) is 41.1 Å². The lowest BCUT2D eigenvalue weighted by Gasteiger charge is -2.34. The average Bonchev–Trinajstić information content (AvgIpc) is 3.83. The number of hydrogen-bond acceptors (Lipinski definition) is 6. The lowest BCUT2D eigenvalue weighted by Crippen LogP contribution is -2.35. The molecule has 198 valence electrons. The fraction of sp³-hybridized carbons (Fsp3) is 0.0606. The Labute approximate surface area is 244 Å². The molecule has 4 aromatic carbocycles. The van der Waals surface area contributed by atoms with Crippen molar-refractivity contribution in [2.75, 3.05) is 0 Å². The van der Waals surface area contributed by atoms with Gasteiger partial charge in [-0.25, -0.2) is 9.97 Å². The molecule has 2 N–H and O–H groups in total. The molecule has 2 unspecified atom stereocenters. The van der Waals surface area contributed by atoms with E-state index in [-0.39, 0.29) is 5.92 Å². The quantitative estimate of drug-likeness (QED) is 0.211. The highest BCUT2D eigenvalue weighted by molar-refractivity contribution is 8.03. The van der Waals surface area contributed by atoms with Crippen molar-refractivity contribution in [3.63, 3.8) is 0 Å². The number of nitrogens with zero attached hydrogens (tertiary/aromatic N) is 3. The molecular formula is C33H23N5OS2. The fourth-order valence-corrected chi connectivity index (χ4v) is 7.65. The summed E-state index contributed by atoms with van der Waals surface area (Å²) >= 11 is 3.20. The Bertz CT molecular complexity index is 1980. The van der Waals surface area contributed by atoms with Crippen LogP contribution in [0.3, 0.4) is 0 Å². The molecule has 2 atom stereocenters. The number of aromatic nitrogens is 5. The van der Waals surface area contributed by atoms with E-state index in [1.54, 1.807) is 29.3 Å². The third-order valence-electron chi connectivity index (χ3n) is 7.53. The smallest absolute Gasteiger partial charge is 0.200 e. The maximum Gasteiger partial charge on any atom is 0.200 e. The third kappa shape index (κ3) is 3.90. The number of imidazole rings is 1. The molecule has 0 radical (unpaired) electrons. The van der Waals surface area contributed by atoms with Gasteiger partial charge in [0.2, 0.25) is 5.60 Å². The zero-order valence-corrected chi connectivity index (χ0v) is 23.3. The summed E-state index contributed by atoms with van der Waals surface area (Å²) in [5, 5.41) is 13.5. The molecule has 0 spiro atoms. The summed E-state index contributed by atoms with van der Waals surface area (Å²) in [7, 11) is 0. The van der Waals surface area contributed by atoms with E-state index in [0.29, 0.717) is 0 Å². The van der Waals surface area contributed by atoms with Crippen LogP contribution in [-0.2, 0) is 10.3 Å². The van der Waals surface area contributed by atoms with E-state index in [4.69, 9.17) is 14.7 Å². The van der Waals surface area contributed by atoms with Crippen molar-refractivity contribution in [3.8, 4) is 0 Å². The first kappa shape index (κ1) is 24.2. The number of thiazole rings is 1. The van der Waals surface area contributed by atoms with E-state index < -0.39 is 5.60 Å². The lowest BCUT2D eigenvalue weighted by molar-refractivity contribution is 0.0617. The number of benzene rings is 4. The molecule has 0 saturated carbocycles. The van der Waals surface area contributed by atoms with Crippen LogP contribution in [0.1, 0.15) is 28.0 Å². The summed E-state index contributed by atoms with van der Waals surface area (Å²) in [4.78, 5) is 14.8. The number of fused-ring (bicyclic) bond motifs is 2. The van der Waals surface area contributed by atoms with Gasteiger partial charge in [-0.15, -0.1) is 11.3 Å². The van der Waals surface area contributed by atoms with Crippen molar-refractivity contribution >= 4 is 50.5 Å². The van der Waals surface area contributed by atoms with E-state index in [1.807, 2.05) is 54.0 Å². The van der Waals surface area contributed by atoms with E-state index >= 15 is 0 Å². The Morgan fingerprint density at radius 2 is 1.66 bits per heavy atom. The second-order valence-electron chi connectivity index (χ2n) is 9.86. The molecule has 0 fully saturated rings. The molecular weight excluding hydrogens is 547 g/mol. The number of aromatic amines is 2. The first-order valence-electron chi connectivity index (χ1n) is 13.3. The Morgan fingerprint density at radius 1 is 0.829 bits per heavy atom. The van der Waals surface area contributed by atoms with Crippen LogP contribution in [0.2, 0.25) is 0 Å². The number of hydrogen-bond donors (Lipinski definition) is 2. The summed E-state index contributed by atoms with van der Waals surface area (Å²) in [6, 6.07) is 35.3. The molecule has 8 rings (SSSR count). The maximum atomic E-state index is 7.37. The largest absolute Gasteiger partial charge is 0.467 e. The molecule has 0 saturated heterocycles. The van der Waals surface area contributed by atoms with E-state index in [2.05, 4.69) is 75.8 Å². The third-order valence-corrected chi connectivity index (χ3v) is 9.42. The van der Waals surface area contributed by atoms with Gasteiger partial charge in [0.25, 0.3) is 0 Å². The summed E-state index contributed by atoms with van der Waals surface area (Å²) < 4.78 is 7.37. The molecule has 6 nitrogen and oxygen atoms in total. The number of rotatable bonds is 6. The van der Waals surface area contributed by atoms with Gasteiger partial charge >= 0.3 is 0 Å². The maximum absolute atomic E-state index is 7.37. The number of para-hydroxylation sites is 2. The predicted molar refractivity (Wildman–Crippen MR) is 165 cm³/mol. The molecule has 0 amide bonds. The number of nitrogens with one attached hydrogen (secondary N) is 2. The van der Waals surface area contributed by atoms with Gasteiger partial charge in [0.15, 0.2) is 5.09 Å². The van der Waals surface area contributed by atoms with E-state index in [9.17, 15) is 0 Å². The van der Waals surface area contributed by atoms with E-state index in [0.717, 1.165) is 59.5 Å². The minimum atomic E-state index is -1.000. The van der Waals surface area contributed by atoms with Crippen LogP contribution in [0.4, 0.5) is 0 Å². The average molecular weight is 570 g/mol. The number of ether oxygens (including phenoxy) is 1. The normalized spacial score (nSPS) is 18.8. The fourth-order valence-electron chi connectivity index (χ4n) is 5.81. The van der Waals surface area contributed by atoms with Gasteiger partial charge in [0.1, 0.15) is 10.8 Å². The van der Waals surface area contributed by atoms with Crippen molar-refractivity contribution in [1.29, 1.82) is 0 Å². The molecule has 8 heteroatoms. The van der Waals surface area contributed by atoms with Crippen LogP contribution < -0.4 is 0 Å². The molecule has 7 aromatic rings. The highest BCUT2D eigenvalue weighted by Crippen LogP contribution is 2.61. The van der Waals surface area contributed by atoms with Crippen molar-refractivity contribution in [2.45, 2.75) is 16.4 Å². The van der Waals surface area contributed by atoms with Crippen molar-refractivity contribution < 1.29 is 4.74 Å². The van der Waals surface area contributed by atoms with Crippen LogP contribution >= 0.6 is 23.1 Å². The number of H-pyrrole nitrogens is 2. The van der Waals surface area contributed by atoms with Crippen LogP contribution in [0.15, 0.2) is 131 Å². The Kier molecular flexibility index (Phi) is 5.75. The second-order valence-corrected chi connectivity index (χ2v) is 11.8. The topological polar surface area (TPSA) is 79.5 Å². The van der Waals surface area contributed by atoms with Crippen LogP contribution in [-0.4, -0.2) is 25.1 Å². The second kappa shape index (κ2) is 9.76. The summed E-state index contributed by atoms with van der Waals surface area (Å²) in [5.74, 6) is 0.445. The van der Waals surface area contributed by atoms with Crippen molar-refractivity contribution in [1.82, 2.24) is 25.1 Å². The molecule has 41 heavy (non-hydrogen) atoms. The Balaban J connectivity index is 1.47. The molecule has 1 aliphatic heterocycles. The van der Waals surface area contributed by atoms with Gasteiger partial charge < -0.3 is 9.72 Å². The summed E-state index contributed by atoms with van der Waals surface area (Å²) in [6.45, 7) is 0. The minimum absolute atomic E-state index is 0.362. The molecule has 4 heterocycles. The van der Waals surface area contributed by atoms with E-state index in [1.165, 1.54) is 0 Å². The molecule has 0 bridgehead atoms. The van der Waals surface area contributed by atoms with Crippen molar-refractivity contribution in [3.05, 3.63) is 148 Å². The molecule has 1 aliphatic rings. The minimum Gasteiger partial charge on any atom is -0.467 e. The number of thioether (sulfide) groups is 1. The van der Waals surface area contributed by atoms with Gasteiger partial charge in [-0.2, -0.15) is 5.10 Å². The monoisotopic (exact) mass is 569 g/mol. The zero-order valence-electron chi connectivity index (χ0n) is 21.7. The Morgan fingerprint density at radius 3 is 2.49 bits per heavy atom. The van der Waals surface area contributed by atoms with Crippen LogP contribution in [0.25, 0.3) is 27.4 Å². The van der Waals surface area contributed by atoms with Gasteiger partial charge in [-0.3, -0.25) is 5.10 Å². The zero-order chi connectivity index (χ0) is 27.2. The standard InChI is InChI=1S/C33H23N5OS2/c1-2-11-22(12-3-1)41-31-28(27-17-18-35-38-27)29(30-36-25-15-6-7-16-26(25)37-30)33(39-31,32-34-19-20-40-32)24-14-8-10-21-9-4-5-13-23(21)24/h1-20,29H,(H,35,38)(H,36,37). The first-order valence-corrected chi connectivity index (χ1v) is 15.0. The van der Waals surface area contributed by atoms with Gasteiger partial charge in [0, 0.05) is 33.8 Å². The van der Waals surface area contributed by atoms with Crippen molar-refractivity contribution in [2.24, 2.45) is 0 Å². The van der Waals surface area contributed by atoms with Gasteiger partial charge in [0.05, 0.1) is 22.6 Å². The SMILES string of the molecule is c1ccc(SC2=C(c3ccn[nH]3)C(c3nc4ccccc4[nH]3)C(c3nccs3)(c3cccc4ccccc34)O2)cc1. The van der Waals surface area contributed by atoms with Crippen LogP contribution in [0, 0.1) is 0 Å². The highest BCUT2D eigenvalue weighted by Gasteiger charge is 2.57. The molecule has 3 aromatic heterocycles.